The molecule has 10 nitrogen and oxygen atoms in total. The first-order valence-corrected chi connectivity index (χ1v) is 11.3. The van der Waals surface area contributed by atoms with Gasteiger partial charge in [0.2, 0.25) is 5.75 Å². The highest BCUT2D eigenvalue weighted by molar-refractivity contribution is 5.95. The van der Waals surface area contributed by atoms with Crippen LogP contribution >= 0.6 is 0 Å². The minimum absolute atomic E-state index is 0.0787. The number of benzene rings is 1. The number of hydrogen-bond acceptors (Lipinski definition) is 8. The average Bonchev–Trinajstić information content (AvgIpc) is 3.42. The number of amides is 2. The maximum atomic E-state index is 13.1. The summed E-state index contributed by atoms with van der Waals surface area (Å²) in [6.07, 6.45) is 1.43. The standard InChI is InChI=1S/C24H31N3O7/c1-30-20-13-17(14-21(31-2)22(20)32-3)23(28)26-8-6-25(7-9-26)15-18-16-27(10-12-33-18)24(29)19-5-4-11-34-19/h4-5,11,13-14,18H,6-10,12,15-16H2,1-3H3. The summed E-state index contributed by atoms with van der Waals surface area (Å²) in [6.45, 7) is 4.90. The van der Waals surface area contributed by atoms with Crippen LogP contribution in [0.4, 0.5) is 0 Å². The van der Waals surface area contributed by atoms with Crippen molar-refractivity contribution in [2.75, 3.05) is 73.7 Å². The first-order chi connectivity index (χ1) is 16.5. The number of hydrogen-bond donors (Lipinski definition) is 0. The number of morpholine rings is 1. The minimum Gasteiger partial charge on any atom is -0.493 e. The first-order valence-electron chi connectivity index (χ1n) is 11.3. The zero-order valence-electron chi connectivity index (χ0n) is 19.8. The van der Waals surface area contributed by atoms with Crippen LogP contribution in [-0.2, 0) is 4.74 Å². The van der Waals surface area contributed by atoms with E-state index in [0.717, 1.165) is 13.1 Å². The molecule has 0 aliphatic carbocycles. The Morgan fingerprint density at radius 1 is 0.941 bits per heavy atom. The molecular formula is C24H31N3O7. The fraction of sp³-hybridized carbons (Fsp3) is 0.500. The van der Waals surface area contributed by atoms with Crippen LogP contribution in [0.2, 0.25) is 0 Å². The molecule has 0 radical (unpaired) electrons. The number of ether oxygens (including phenoxy) is 4. The molecule has 34 heavy (non-hydrogen) atoms. The van der Waals surface area contributed by atoms with E-state index in [1.807, 2.05) is 4.90 Å². The highest BCUT2D eigenvalue weighted by atomic mass is 16.5. The molecule has 1 atom stereocenters. The van der Waals surface area contributed by atoms with E-state index in [2.05, 4.69) is 4.90 Å². The second kappa shape index (κ2) is 10.8. The molecule has 0 bridgehead atoms. The second-order valence-electron chi connectivity index (χ2n) is 8.23. The van der Waals surface area contributed by atoms with Gasteiger partial charge in [0, 0.05) is 51.4 Å². The van der Waals surface area contributed by atoms with Crippen molar-refractivity contribution < 1.29 is 33.0 Å². The summed E-state index contributed by atoms with van der Waals surface area (Å²) in [5, 5.41) is 0. The Labute approximate surface area is 198 Å². The highest BCUT2D eigenvalue weighted by Crippen LogP contribution is 2.38. The molecule has 2 aliphatic heterocycles. The zero-order chi connectivity index (χ0) is 24.1. The molecule has 2 saturated heterocycles. The van der Waals surface area contributed by atoms with Crippen molar-refractivity contribution >= 4 is 11.8 Å². The lowest BCUT2D eigenvalue weighted by Crippen LogP contribution is -2.54. The molecular weight excluding hydrogens is 442 g/mol. The van der Waals surface area contributed by atoms with Crippen molar-refractivity contribution in [3.8, 4) is 17.2 Å². The summed E-state index contributed by atoms with van der Waals surface area (Å²) in [5.41, 5.74) is 0.491. The van der Waals surface area contributed by atoms with Crippen molar-refractivity contribution in [1.82, 2.24) is 14.7 Å². The van der Waals surface area contributed by atoms with E-state index in [9.17, 15) is 9.59 Å². The van der Waals surface area contributed by atoms with Gasteiger partial charge in [-0.05, 0) is 24.3 Å². The Bertz CT molecular complexity index is 961. The lowest BCUT2D eigenvalue weighted by Gasteiger charge is -2.39. The number of furan rings is 1. The minimum atomic E-state index is -0.112. The predicted molar refractivity (Wildman–Crippen MR) is 123 cm³/mol. The maximum absolute atomic E-state index is 13.1. The van der Waals surface area contributed by atoms with Gasteiger partial charge in [-0.2, -0.15) is 0 Å². The van der Waals surface area contributed by atoms with E-state index in [0.29, 0.717) is 67.9 Å². The molecule has 2 fully saturated rings. The lowest BCUT2D eigenvalue weighted by atomic mass is 10.1. The Kier molecular flexibility index (Phi) is 7.59. The van der Waals surface area contributed by atoms with Crippen LogP contribution in [0.5, 0.6) is 17.2 Å². The molecule has 0 spiro atoms. The Morgan fingerprint density at radius 2 is 1.65 bits per heavy atom. The third-order valence-corrected chi connectivity index (χ3v) is 6.19. The molecule has 2 amide bonds. The van der Waals surface area contributed by atoms with Crippen LogP contribution in [0.15, 0.2) is 34.9 Å². The second-order valence-corrected chi connectivity index (χ2v) is 8.23. The van der Waals surface area contributed by atoms with Gasteiger partial charge < -0.3 is 33.2 Å². The van der Waals surface area contributed by atoms with E-state index in [-0.39, 0.29) is 17.9 Å². The number of carbonyl (C=O) groups is 2. The van der Waals surface area contributed by atoms with Gasteiger partial charge in [0.1, 0.15) is 0 Å². The van der Waals surface area contributed by atoms with Gasteiger partial charge in [-0.15, -0.1) is 0 Å². The summed E-state index contributed by atoms with van der Waals surface area (Å²) >= 11 is 0. The molecule has 3 heterocycles. The first kappa shape index (κ1) is 23.9. The summed E-state index contributed by atoms with van der Waals surface area (Å²) in [4.78, 5) is 31.6. The number of nitrogens with zero attached hydrogens (tertiary/aromatic N) is 3. The summed E-state index contributed by atoms with van der Waals surface area (Å²) in [6, 6.07) is 6.74. The lowest BCUT2D eigenvalue weighted by molar-refractivity contribution is -0.0406. The zero-order valence-corrected chi connectivity index (χ0v) is 19.8. The van der Waals surface area contributed by atoms with Gasteiger partial charge in [-0.25, -0.2) is 0 Å². The SMILES string of the molecule is COc1cc(C(=O)N2CCN(CC3CN(C(=O)c4ccco4)CCO3)CC2)cc(OC)c1OC. The van der Waals surface area contributed by atoms with E-state index >= 15 is 0 Å². The number of piperazine rings is 1. The summed E-state index contributed by atoms with van der Waals surface area (Å²) in [5.74, 6) is 1.51. The quantitative estimate of drug-likeness (QED) is 0.599. The van der Waals surface area contributed by atoms with Gasteiger partial charge in [0.25, 0.3) is 11.8 Å². The largest absolute Gasteiger partial charge is 0.493 e. The van der Waals surface area contributed by atoms with Gasteiger partial charge in [0.05, 0.1) is 40.3 Å². The van der Waals surface area contributed by atoms with Crippen LogP contribution in [0.25, 0.3) is 0 Å². The Hall–Kier alpha value is -3.24. The highest BCUT2D eigenvalue weighted by Gasteiger charge is 2.30. The van der Waals surface area contributed by atoms with Crippen LogP contribution < -0.4 is 14.2 Å². The molecule has 0 N–H and O–H groups in total. The molecule has 1 unspecified atom stereocenters. The molecule has 2 aromatic rings. The Morgan fingerprint density at radius 3 is 2.24 bits per heavy atom. The smallest absolute Gasteiger partial charge is 0.289 e. The number of rotatable bonds is 7. The van der Waals surface area contributed by atoms with E-state index in [1.165, 1.54) is 27.6 Å². The van der Waals surface area contributed by atoms with Crippen molar-refractivity contribution in [2.45, 2.75) is 6.10 Å². The molecule has 2 aliphatic rings. The van der Waals surface area contributed by atoms with Crippen LogP contribution in [-0.4, -0.2) is 106 Å². The van der Waals surface area contributed by atoms with Crippen molar-refractivity contribution in [2.24, 2.45) is 0 Å². The van der Waals surface area contributed by atoms with E-state index < -0.39 is 0 Å². The summed E-state index contributed by atoms with van der Waals surface area (Å²) in [7, 11) is 4.59. The van der Waals surface area contributed by atoms with Crippen molar-refractivity contribution in [3.63, 3.8) is 0 Å². The van der Waals surface area contributed by atoms with E-state index in [4.69, 9.17) is 23.4 Å². The van der Waals surface area contributed by atoms with E-state index in [1.54, 1.807) is 29.2 Å². The van der Waals surface area contributed by atoms with Crippen LogP contribution in [0.1, 0.15) is 20.9 Å². The van der Waals surface area contributed by atoms with Crippen LogP contribution in [0.3, 0.4) is 0 Å². The molecule has 4 rings (SSSR count). The third-order valence-electron chi connectivity index (χ3n) is 6.19. The predicted octanol–water partition coefficient (Wildman–Crippen LogP) is 1.60. The van der Waals surface area contributed by atoms with Gasteiger partial charge >= 0.3 is 0 Å². The number of carbonyl (C=O) groups excluding carboxylic acids is 2. The maximum Gasteiger partial charge on any atom is 0.289 e. The topological polar surface area (TPSA) is 93.9 Å². The fourth-order valence-electron chi connectivity index (χ4n) is 4.38. The third kappa shape index (κ3) is 5.13. The Balaban J connectivity index is 1.32. The summed E-state index contributed by atoms with van der Waals surface area (Å²) < 4.78 is 27.2. The number of methoxy groups -OCH3 is 3. The van der Waals surface area contributed by atoms with Crippen molar-refractivity contribution in [1.29, 1.82) is 0 Å². The molecule has 10 heteroatoms. The molecule has 1 aromatic carbocycles. The van der Waals surface area contributed by atoms with Crippen molar-refractivity contribution in [3.05, 3.63) is 41.9 Å². The average molecular weight is 474 g/mol. The fourth-order valence-corrected chi connectivity index (χ4v) is 4.38. The monoisotopic (exact) mass is 473 g/mol. The molecule has 1 aromatic heterocycles. The normalized spacial score (nSPS) is 19.1. The molecule has 0 saturated carbocycles. The van der Waals surface area contributed by atoms with Gasteiger partial charge in [-0.1, -0.05) is 0 Å². The van der Waals surface area contributed by atoms with Crippen LogP contribution in [0, 0.1) is 0 Å². The molecule has 184 valence electrons. The van der Waals surface area contributed by atoms with Gasteiger partial charge in [-0.3, -0.25) is 14.5 Å². The van der Waals surface area contributed by atoms with Gasteiger partial charge in [0.15, 0.2) is 17.3 Å².